The quantitative estimate of drug-likeness (QED) is 0.920. The van der Waals surface area contributed by atoms with Crippen LogP contribution in [0.15, 0.2) is 23.1 Å². The van der Waals surface area contributed by atoms with Crippen molar-refractivity contribution < 1.29 is 9.53 Å². The Bertz CT molecular complexity index is 804. The van der Waals surface area contributed by atoms with Gasteiger partial charge in [0.2, 0.25) is 0 Å². The van der Waals surface area contributed by atoms with Crippen LogP contribution in [0.1, 0.15) is 40.0 Å². The van der Waals surface area contributed by atoms with Crippen LogP contribution in [-0.4, -0.2) is 45.1 Å². The third kappa shape index (κ3) is 2.75. The van der Waals surface area contributed by atoms with E-state index in [2.05, 4.69) is 9.97 Å². The zero-order valence-corrected chi connectivity index (χ0v) is 14.4. The number of imidazole rings is 1. The van der Waals surface area contributed by atoms with Gasteiger partial charge in [-0.25, -0.2) is 4.98 Å². The van der Waals surface area contributed by atoms with Crippen LogP contribution in [0.4, 0.5) is 0 Å². The summed E-state index contributed by atoms with van der Waals surface area (Å²) in [5.41, 5.74) is 1.76. The van der Waals surface area contributed by atoms with Crippen molar-refractivity contribution in [3.8, 4) is 0 Å². The number of ether oxygens (including phenoxy) is 1. The Kier molecular flexibility index (Phi) is 4.28. The van der Waals surface area contributed by atoms with Crippen LogP contribution in [0.3, 0.4) is 0 Å². The first-order valence-corrected chi connectivity index (χ1v) is 7.95. The van der Waals surface area contributed by atoms with Crippen LogP contribution >= 0.6 is 0 Å². The van der Waals surface area contributed by atoms with E-state index >= 15 is 0 Å². The topological polar surface area (TPSA) is 80.2 Å². The molecule has 1 aliphatic rings. The summed E-state index contributed by atoms with van der Waals surface area (Å²) in [5, 5.41) is 0. The van der Waals surface area contributed by atoms with E-state index in [0.717, 1.165) is 17.2 Å². The van der Waals surface area contributed by atoms with Crippen LogP contribution in [0.2, 0.25) is 0 Å². The Morgan fingerprint density at radius 1 is 1.42 bits per heavy atom. The lowest BCUT2D eigenvalue weighted by Crippen LogP contribution is -2.37. The van der Waals surface area contributed by atoms with E-state index in [9.17, 15) is 9.59 Å². The van der Waals surface area contributed by atoms with Gasteiger partial charge in [0.05, 0.1) is 17.8 Å². The molecule has 0 spiro atoms. The average molecular weight is 330 g/mol. The van der Waals surface area contributed by atoms with Gasteiger partial charge < -0.3 is 19.2 Å². The Hall–Kier alpha value is -2.41. The number of nitrogens with zero attached hydrogens (tertiary/aromatic N) is 3. The fraction of sp³-hybridized carbons (Fsp3) is 0.471. The molecule has 3 heterocycles. The van der Waals surface area contributed by atoms with E-state index in [-0.39, 0.29) is 29.2 Å². The van der Waals surface area contributed by atoms with Crippen LogP contribution in [0.5, 0.6) is 0 Å². The Balaban J connectivity index is 1.98. The first-order valence-electron chi connectivity index (χ1n) is 7.95. The van der Waals surface area contributed by atoms with Gasteiger partial charge in [-0.2, -0.15) is 0 Å². The molecule has 3 rings (SSSR count). The summed E-state index contributed by atoms with van der Waals surface area (Å²) < 4.78 is 6.86. The number of methoxy groups -OCH3 is 1. The van der Waals surface area contributed by atoms with Crippen LogP contribution in [0, 0.1) is 13.8 Å². The van der Waals surface area contributed by atoms with E-state index in [0.29, 0.717) is 13.0 Å². The summed E-state index contributed by atoms with van der Waals surface area (Å²) in [5.74, 6) is 0.457. The maximum absolute atomic E-state index is 13.0. The number of aromatic nitrogens is 3. The van der Waals surface area contributed by atoms with Gasteiger partial charge >= 0.3 is 0 Å². The van der Waals surface area contributed by atoms with Crippen molar-refractivity contribution in [3.05, 3.63) is 51.5 Å². The molecule has 2 aromatic heterocycles. The van der Waals surface area contributed by atoms with Crippen molar-refractivity contribution in [2.75, 3.05) is 13.7 Å². The van der Waals surface area contributed by atoms with Crippen LogP contribution < -0.4 is 5.56 Å². The minimum atomic E-state index is -0.297. The van der Waals surface area contributed by atoms with Crippen LogP contribution in [-0.2, 0) is 11.8 Å². The average Bonchev–Trinajstić information content (AvgIpc) is 3.13. The van der Waals surface area contributed by atoms with E-state index in [1.165, 1.54) is 4.57 Å². The molecule has 24 heavy (non-hydrogen) atoms. The van der Waals surface area contributed by atoms with Crippen LogP contribution in [0.25, 0.3) is 0 Å². The molecule has 1 aliphatic heterocycles. The molecule has 0 radical (unpaired) electrons. The Morgan fingerprint density at radius 3 is 2.79 bits per heavy atom. The lowest BCUT2D eigenvalue weighted by atomic mass is 10.1. The van der Waals surface area contributed by atoms with Gasteiger partial charge in [-0.1, -0.05) is 0 Å². The van der Waals surface area contributed by atoms with E-state index in [1.54, 1.807) is 37.4 Å². The van der Waals surface area contributed by atoms with Crippen molar-refractivity contribution in [2.45, 2.75) is 32.4 Å². The van der Waals surface area contributed by atoms with Crippen molar-refractivity contribution in [2.24, 2.45) is 7.05 Å². The van der Waals surface area contributed by atoms with Crippen molar-refractivity contribution >= 4 is 5.91 Å². The standard InChI is InChI=1S/C17H22N4O3/c1-10-11(2)19-15(18-10)14-8-12(24-4)9-21(14)17(23)13-6-5-7-20(3)16(13)22/h5-7,12,14H,8-9H2,1-4H3,(H,18,19)/t12-,14+/m1/s1. The summed E-state index contributed by atoms with van der Waals surface area (Å²) in [6, 6.07) is 3.05. The number of aryl methyl sites for hydroxylation is 3. The van der Waals surface area contributed by atoms with Crippen molar-refractivity contribution in [3.63, 3.8) is 0 Å². The molecule has 0 bridgehead atoms. The van der Waals surface area contributed by atoms with Gasteiger partial charge in [0.25, 0.3) is 11.5 Å². The fourth-order valence-electron chi connectivity index (χ4n) is 3.10. The third-order valence-electron chi connectivity index (χ3n) is 4.67. The number of nitrogens with one attached hydrogen (secondary N) is 1. The molecule has 7 nitrogen and oxygen atoms in total. The van der Waals surface area contributed by atoms with E-state index < -0.39 is 0 Å². The second-order valence-electron chi connectivity index (χ2n) is 6.24. The third-order valence-corrected chi connectivity index (χ3v) is 4.67. The molecule has 1 amide bonds. The van der Waals surface area contributed by atoms with Gasteiger partial charge in [-0.05, 0) is 26.0 Å². The highest BCUT2D eigenvalue weighted by molar-refractivity contribution is 5.94. The van der Waals surface area contributed by atoms with Gasteiger partial charge in [0.1, 0.15) is 11.4 Å². The molecule has 0 unspecified atom stereocenters. The maximum atomic E-state index is 13.0. The molecule has 128 valence electrons. The van der Waals surface area contributed by atoms with Gasteiger partial charge in [-0.15, -0.1) is 0 Å². The highest BCUT2D eigenvalue weighted by Gasteiger charge is 2.39. The molecular formula is C17H22N4O3. The number of amides is 1. The SMILES string of the molecule is CO[C@@H]1C[C@@H](c2nc(C)c(C)[nH]2)N(C(=O)c2cccn(C)c2=O)C1. The number of pyridine rings is 1. The summed E-state index contributed by atoms with van der Waals surface area (Å²) >= 11 is 0. The second-order valence-corrected chi connectivity index (χ2v) is 6.24. The van der Waals surface area contributed by atoms with Crippen molar-refractivity contribution in [1.29, 1.82) is 0 Å². The lowest BCUT2D eigenvalue weighted by Gasteiger charge is -2.22. The summed E-state index contributed by atoms with van der Waals surface area (Å²) in [6.07, 6.45) is 2.22. The van der Waals surface area contributed by atoms with Gasteiger partial charge in [0, 0.05) is 39.0 Å². The van der Waals surface area contributed by atoms with E-state index in [1.807, 2.05) is 13.8 Å². The zero-order chi connectivity index (χ0) is 17.4. The molecule has 1 fully saturated rings. The molecule has 7 heteroatoms. The monoisotopic (exact) mass is 330 g/mol. The summed E-state index contributed by atoms with van der Waals surface area (Å²) in [6.45, 7) is 4.32. The highest BCUT2D eigenvalue weighted by atomic mass is 16.5. The minimum absolute atomic E-state index is 0.0720. The smallest absolute Gasteiger partial charge is 0.263 e. The predicted octanol–water partition coefficient (Wildman–Crippen LogP) is 1.33. The normalized spacial score (nSPS) is 20.6. The summed E-state index contributed by atoms with van der Waals surface area (Å²) in [7, 11) is 3.27. The van der Waals surface area contributed by atoms with Gasteiger partial charge in [0.15, 0.2) is 0 Å². The molecule has 0 aliphatic carbocycles. The first kappa shape index (κ1) is 16.4. The number of aromatic amines is 1. The number of likely N-dealkylation sites (tertiary alicyclic amines) is 1. The highest BCUT2D eigenvalue weighted by Crippen LogP contribution is 2.33. The molecule has 2 aromatic rings. The maximum Gasteiger partial charge on any atom is 0.263 e. The Labute approximate surface area is 140 Å². The Morgan fingerprint density at radius 2 is 2.17 bits per heavy atom. The van der Waals surface area contributed by atoms with Gasteiger partial charge in [-0.3, -0.25) is 9.59 Å². The first-order chi connectivity index (χ1) is 11.4. The largest absolute Gasteiger partial charge is 0.380 e. The number of hydrogen-bond acceptors (Lipinski definition) is 4. The molecular weight excluding hydrogens is 308 g/mol. The molecule has 0 saturated carbocycles. The minimum Gasteiger partial charge on any atom is -0.380 e. The van der Waals surface area contributed by atoms with Crippen molar-refractivity contribution in [1.82, 2.24) is 19.4 Å². The predicted molar refractivity (Wildman–Crippen MR) is 88.9 cm³/mol. The number of carbonyl (C=O) groups is 1. The number of rotatable bonds is 3. The number of carbonyl (C=O) groups excluding carboxylic acids is 1. The molecule has 2 atom stereocenters. The molecule has 0 aromatic carbocycles. The second kappa shape index (κ2) is 6.24. The zero-order valence-electron chi connectivity index (χ0n) is 14.4. The summed E-state index contributed by atoms with van der Waals surface area (Å²) in [4.78, 5) is 34.7. The fourth-order valence-corrected chi connectivity index (χ4v) is 3.10. The molecule has 1 N–H and O–H groups in total. The number of hydrogen-bond donors (Lipinski definition) is 1. The number of H-pyrrole nitrogens is 1. The molecule has 1 saturated heterocycles. The lowest BCUT2D eigenvalue weighted by molar-refractivity contribution is 0.0682. The van der Waals surface area contributed by atoms with E-state index in [4.69, 9.17) is 4.74 Å².